The highest BCUT2D eigenvalue weighted by molar-refractivity contribution is 7.52. The van der Waals surface area contributed by atoms with Gasteiger partial charge in [0, 0.05) is 12.0 Å². The van der Waals surface area contributed by atoms with Crippen LogP contribution in [0, 0.1) is 0 Å². The van der Waals surface area contributed by atoms with E-state index in [1.807, 2.05) is 36.3 Å². The number of hydrogen-bond donors (Lipinski definition) is 2. The topological polar surface area (TPSA) is 114 Å². The Morgan fingerprint density at radius 3 is 2.45 bits per heavy atom. The number of aromatic nitrogens is 3. The van der Waals surface area contributed by atoms with Crippen LogP contribution in [0.1, 0.15) is 26.6 Å². The number of nitrogens with two attached hydrogens (primary N) is 1. The number of hydrogen-bond acceptors (Lipinski definition) is 7. The number of alkyl halides is 3. The molecule has 2 aromatic heterocycles. The lowest BCUT2D eigenvalue weighted by Gasteiger charge is -2.27. The van der Waals surface area contributed by atoms with Gasteiger partial charge in [-0.3, -0.25) is 4.52 Å². The molecule has 0 saturated heterocycles. The van der Waals surface area contributed by atoms with Gasteiger partial charge < -0.3 is 19.6 Å². The second-order valence-electron chi connectivity index (χ2n) is 8.70. The summed E-state index contributed by atoms with van der Waals surface area (Å²) in [7, 11) is -4.49. The number of nitrogens with zero attached hydrogens (tertiary/aromatic N) is 3. The Morgan fingerprint density at radius 2 is 1.76 bits per heavy atom. The van der Waals surface area contributed by atoms with Crippen LogP contribution < -0.4 is 15.3 Å². The first-order chi connectivity index (χ1) is 18.0. The number of halogens is 3. The van der Waals surface area contributed by atoms with Crippen molar-refractivity contribution in [3.63, 3.8) is 0 Å². The molecule has 0 radical (unpaired) electrons. The fourth-order valence-corrected chi connectivity index (χ4v) is 5.66. The highest BCUT2D eigenvalue weighted by atomic mass is 31.2. The van der Waals surface area contributed by atoms with Crippen molar-refractivity contribution in [2.45, 2.75) is 52.2 Å². The molecule has 4 aromatic rings. The standard InChI is InChI=1S/C25H29F3N5O4P/c1-4-35-15-21-31-22-23(19-12-8-9-13-20(19)30-24(22)29)33(21)14-16(2)36-38(34,32-17(3)25(26,27)28)37-18-10-6-5-7-11-18/h5-13,16-17H,4,14-15H2,1-3H3,(H2,29,30)(H,32,34)/t16-,17+,38?/m1/s1. The number of para-hydroxylation sites is 2. The molecule has 0 amide bonds. The van der Waals surface area contributed by atoms with Crippen LogP contribution in [0.3, 0.4) is 0 Å². The summed E-state index contributed by atoms with van der Waals surface area (Å²) in [4.78, 5) is 9.06. The number of fused-ring (bicyclic) bond motifs is 3. The highest BCUT2D eigenvalue weighted by Crippen LogP contribution is 2.47. The quantitative estimate of drug-likeness (QED) is 0.224. The van der Waals surface area contributed by atoms with E-state index in [0.29, 0.717) is 29.0 Å². The Kier molecular flexibility index (Phi) is 8.27. The van der Waals surface area contributed by atoms with E-state index in [1.165, 1.54) is 12.1 Å². The predicted octanol–water partition coefficient (Wildman–Crippen LogP) is 5.84. The maximum Gasteiger partial charge on any atom is 0.459 e. The highest BCUT2D eigenvalue weighted by Gasteiger charge is 2.43. The van der Waals surface area contributed by atoms with Crippen LogP contribution in [0.25, 0.3) is 21.9 Å². The molecule has 3 N–H and O–H groups in total. The molecule has 9 nitrogen and oxygen atoms in total. The summed E-state index contributed by atoms with van der Waals surface area (Å²) in [5, 5.41) is 2.79. The molecule has 4 rings (SSSR count). The molecular formula is C25H29F3N5O4P. The average Bonchev–Trinajstić information content (AvgIpc) is 3.21. The van der Waals surface area contributed by atoms with Gasteiger partial charge in [0.25, 0.3) is 0 Å². The molecule has 0 aliphatic rings. The van der Waals surface area contributed by atoms with Crippen molar-refractivity contribution in [2.75, 3.05) is 12.3 Å². The minimum absolute atomic E-state index is 0.0660. The first-order valence-electron chi connectivity index (χ1n) is 12.0. The van der Waals surface area contributed by atoms with E-state index >= 15 is 0 Å². The lowest BCUT2D eigenvalue weighted by atomic mass is 10.2. The van der Waals surface area contributed by atoms with Gasteiger partial charge in [0.2, 0.25) is 0 Å². The van der Waals surface area contributed by atoms with E-state index in [1.54, 1.807) is 29.7 Å². The van der Waals surface area contributed by atoms with Gasteiger partial charge in [0.1, 0.15) is 29.7 Å². The fraction of sp³-hybridized carbons (Fsp3) is 0.360. The average molecular weight is 552 g/mol. The molecular weight excluding hydrogens is 522 g/mol. The Morgan fingerprint density at radius 1 is 1.08 bits per heavy atom. The number of nitrogens with one attached hydrogen (secondary N) is 1. The van der Waals surface area contributed by atoms with Gasteiger partial charge in [-0.15, -0.1) is 0 Å². The number of benzene rings is 2. The lowest BCUT2D eigenvalue weighted by molar-refractivity contribution is -0.148. The van der Waals surface area contributed by atoms with E-state index in [-0.39, 0.29) is 24.7 Å². The molecule has 13 heteroatoms. The third-order valence-corrected chi connectivity index (χ3v) is 7.49. The molecule has 0 fully saturated rings. The number of pyridine rings is 1. The number of anilines is 1. The van der Waals surface area contributed by atoms with Crippen LogP contribution in [0.5, 0.6) is 5.75 Å². The summed E-state index contributed by atoms with van der Waals surface area (Å²) in [6.07, 6.45) is -5.56. The zero-order valence-corrected chi connectivity index (χ0v) is 22.0. The molecule has 0 saturated carbocycles. The molecule has 0 spiro atoms. The minimum atomic E-state index is -4.67. The third-order valence-electron chi connectivity index (χ3n) is 5.69. The third kappa shape index (κ3) is 6.27. The zero-order chi connectivity index (χ0) is 27.5. The number of imidazole rings is 1. The molecule has 3 atom stereocenters. The summed E-state index contributed by atoms with van der Waals surface area (Å²) in [5.41, 5.74) is 7.97. The summed E-state index contributed by atoms with van der Waals surface area (Å²) in [6, 6.07) is 13.1. The van der Waals surface area contributed by atoms with Gasteiger partial charge in [0.15, 0.2) is 5.82 Å². The van der Waals surface area contributed by atoms with Crippen LogP contribution >= 0.6 is 7.75 Å². The first-order valence-corrected chi connectivity index (χ1v) is 13.5. The van der Waals surface area contributed by atoms with Crippen LogP contribution in [0.2, 0.25) is 0 Å². The van der Waals surface area contributed by atoms with E-state index in [9.17, 15) is 17.7 Å². The Balaban J connectivity index is 1.71. The molecule has 0 aliphatic heterocycles. The Labute approximate surface area is 217 Å². The van der Waals surface area contributed by atoms with Gasteiger partial charge in [-0.2, -0.15) is 18.3 Å². The van der Waals surface area contributed by atoms with Crippen molar-refractivity contribution in [1.29, 1.82) is 0 Å². The van der Waals surface area contributed by atoms with E-state index < -0.39 is 26.1 Å². The Hall–Kier alpha value is -3.18. The van der Waals surface area contributed by atoms with Gasteiger partial charge in [0.05, 0.1) is 23.7 Å². The van der Waals surface area contributed by atoms with Crippen LogP contribution in [0.15, 0.2) is 54.6 Å². The fourth-order valence-electron chi connectivity index (χ4n) is 3.94. The Bertz CT molecular complexity index is 1450. The van der Waals surface area contributed by atoms with Crippen LogP contribution in [-0.4, -0.2) is 39.5 Å². The van der Waals surface area contributed by atoms with Crippen molar-refractivity contribution >= 4 is 35.5 Å². The molecule has 1 unspecified atom stereocenters. The molecule has 0 aliphatic carbocycles. The van der Waals surface area contributed by atoms with E-state index in [2.05, 4.69) is 9.97 Å². The first kappa shape index (κ1) is 27.8. The smallest absolute Gasteiger partial charge is 0.413 e. The lowest BCUT2D eigenvalue weighted by Crippen LogP contribution is -2.39. The van der Waals surface area contributed by atoms with Gasteiger partial charge in [-0.1, -0.05) is 36.4 Å². The maximum atomic E-state index is 13.6. The molecule has 2 heterocycles. The van der Waals surface area contributed by atoms with Gasteiger partial charge in [-0.25, -0.2) is 14.5 Å². The zero-order valence-electron chi connectivity index (χ0n) is 21.1. The van der Waals surface area contributed by atoms with E-state index in [4.69, 9.17) is 19.5 Å². The van der Waals surface area contributed by atoms with Gasteiger partial charge >= 0.3 is 13.9 Å². The van der Waals surface area contributed by atoms with Crippen molar-refractivity contribution < 1.29 is 31.5 Å². The van der Waals surface area contributed by atoms with Crippen molar-refractivity contribution in [1.82, 2.24) is 19.6 Å². The monoisotopic (exact) mass is 551 g/mol. The predicted molar refractivity (Wildman–Crippen MR) is 139 cm³/mol. The summed E-state index contributed by atoms with van der Waals surface area (Å²) < 4.78 is 72.3. The number of ether oxygens (including phenoxy) is 1. The molecule has 204 valence electrons. The van der Waals surface area contributed by atoms with Gasteiger partial charge in [-0.05, 0) is 39.0 Å². The maximum absolute atomic E-state index is 13.6. The number of nitrogen functional groups attached to an aromatic ring is 1. The normalized spacial score (nSPS) is 15.4. The molecule has 2 aromatic carbocycles. The van der Waals surface area contributed by atoms with Crippen molar-refractivity contribution in [2.24, 2.45) is 0 Å². The van der Waals surface area contributed by atoms with Crippen LogP contribution in [0.4, 0.5) is 19.0 Å². The second-order valence-corrected chi connectivity index (χ2v) is 10.3. The summed E-state index contributed by atoms with van der Waals surface area (Å²) in [6.45, 7) is 4.92. The minimum Gasteiger partial charge on any atom is -0.413 e. The number of rotatable bonds is 11. The second kappa shape index (κ2) is 11.3. The van der Waals surface area contributed by atoms with Crippen LogP contribution in [-0.2, 0) is 27.0 Å². The SMILES string of the molecule is CCOCc1nc2c(N)nc3ccccc3c2n1C[C@@H](C)OP(=O)(N[C@@H](C)C(F)(F)F)Oc1ccccc1. The van der Waals surface area contributed by atoms with Crippen molar-refractivity contribution in [3.05, 3.63) is 60.4 Å². The largest absolute Gasteiger partial charge is 0.459 e. The van der Waals surface area contributed by atoms with Crippen molar-refractivity contribution in [3.8, 4) is 5.75 Å². The molecule has 0 bridgehead atoms. The van der Waals surface area contributed by atoms with E-state index in [0.717, 1.165) is 12.3 Å². The summed E-state index contributed by atoms with van der Waals surface area (Å²) in [5.74, 6) is 0.833. The molecule has 38 heavy (non-hydrogen) atoms. The summed E-state index contributed by atoms with van der Waals surface area (Å²) >= 11 is 0.